The fourth-order valence-electron chi connectivity index (χ4n) is 3.72. The van der Waals surface area contributed by atoms with E-state index in [1.54, 1.807) is 6.92 Å². The quantitative estimate of drug-likeness (QED) is 0.673. The normalized spacial score (nSPS) is 17.6. The van der Waals surface area contributed by atoms with Crippen molar-refractivity contribution in [3.05, 3.63) is 40.4 Å². The molecule has 0 radical (unpaired) electrons. The van der Waals surface area contributed by atoms with Crippen molar-refractivity contribution in [2.75, 3.05) is 19.7 Å². The maximum absolute atomic E-state index is 11.8. The fourth-order valence-corrected chi connectivity index (χ4v) is 3.72. The second-order valence-electron chi connectivity index (χ2n) is 7.12. The van der Waals surface area contributed by atoms with E-state index in [1.807, 2.05) is 24.3 Å². The Morgan fingerprint density at radius 2 is 2.15 bits per heavy atom. The molecule has 0 unspecified atom stereocenters. The van der Waals surface area contributed by atoms with E-state index in [-0.39, 0.29) is 11.1 Å². The van der Waals surface area contributed by atoms with E-state index >= 15 is 0 Å². The van der Waals surface area contributed by atoms with Crippen LogP contribution in [-0.4, -0.2) is 46.0 Å². The lowest BCUT2D eigenvalue weighted by Crippen LogP contribution is -2.28. The van der Waals surface area contributed by atoms with Crippen LogP contribution in [-0.2, 0) is 0 Å². The van der Waals surface area contributed by atoms with Gasteiger partial charge >= 0.3 is 0 Å². The Labute approximate surface area is 157 Å². The summed E-state index contributed by atoms with van der Waals surface area (Å²) in [7, 11) is 0. The molecular weight excluding hydrogens is 344 g/mol. The van der Waals surface area contributed by atoms with Gasteiger partial charge < -0.3 is 14.2 Å². The summed E-state index contributed by atoms with van der Waals surface area (Å²) in [5, 5.41) is 11.1. The molecule has 142 valence electrons. The fraction of sp³-hybridized carbons (Fsp3) is 0.450. The highest BCUT2D eigenvalue weighted by molar-refractivity contribution is 5.92. The van der Waals surface area contributed by atoms with Crippen molar-refractivity contribution in [3.8, 4) is 17.0 Å². The van der Waals surface area contributed by atoms with E-state index in [9.17, 15) is 4.79 Å². The number of fused-ring (bicyclic) bond motifs is 1. The molecule has 0 spiro atoms. The molecule has 1 aromatic carbocycles. The lowest BCUT2D eigenvalue weighted by molar-refractivity contribution is 0.230. The lowest BCUT2D eigenvalue weighted by atomic mass is 10.1. The number of aromatic amines is 1. The lowest BCUT2D eigenvalue weighted by Gasteiger charge is -2.20. The average Bonchev–Trinajstić information content (AvgIpc) is 3.27. The van der Waals surface area contributed by atoms with Gasteiger partial charge in [-0.2, -0.15) is 5.10 Å². The first kappa shape index (κ1) is 17.7. The molecule has 0 amide bonds. The Morgan fingerprint density at radius 1 is 1.33 bits per heavy atom. The third-order valence-electron chi connectivity index (χ3n) is 5.26. The first-order chi connectivity index (χ1) is 13.1. The molecule has 1 saturated heterocycles. The van der Waals surface area contributed by atoms with Crippen LogP contribution < -0.4 is 10.3 Å². The molecule has 0 saturated carbocycles. The Hall–Kier alpha value is -2.67. The monoisotopic (exact) mass is 368 g/mol. The standard InChI is InChI=1S/C20H24N4O3/c1-13-5-3-10-24(13)11-4-12-26-16-8-6-15(7-9-16)18-17-14(2)27-23-19(17)20(25)22-21-18/h6-9,13H,3-5,10-12H2,1-2H3,(H,22,25)/t13-/m1/s1. The second-order valence-corrected chi connectivity index (χ2v) is 7.12. The summed E-state index contributed by atoms with van der Waals surface area (Å²) in [6.07, 6.45) is 3.63. The minimum absolute atomic E-state index is 0.272. The predicted molar refractivity (Wildman–Crippen MR) is 103 cm³/mol. The zero-order valence-electron chi connectivity index (χ0n) is 15.7. The molecule has 7 heteroatoms. The van der Waals surface area contributed by atoms with Crippen LogP contribution in [0, 0.1) is 6.92 Å². The number of aromatic nitrogens is 3. The number of likely N-dealkylation sites (tertiary alicyclic amines) is 1. The summed E-state index contributed by atoms with van der Waals surface area (Å²) in [5.41, 5.74) is 1.45. The Bertz CT molecular complexity index is 977. The van der Waals surface area contributed by atoms with Crippen molar-refractivity contribution in [2.45, 2.75) is 39.2 Å². The van der Waals surface area contributed by atoms with Crippen molar-refractivity contribution >= 4 is 10.9 Å². The minimum atomic E-state index is -0.349. The zero-order valence-corrected chi connectivity index (χ0v) is 15.7. The number of aryl methyl sites for hydroxylation is 1. The van der Waals surface area contributed by atoms with E-state index < -0.39 is 0 Å². The van der Waals surface area contributed by atoms with Gasteiger partial charge in [-0.25, -0.2) is 5.10 Å². The molecule has 3 heterocycles. The molecule has 4 rings (SSSR count). The third-order valence-corrected chi connectivity index (χ3v) is 5.26. The summed E-state index contributed by atoms with van der Waals surface area (Å²) < 4.78 is 11.0. The number of nitrogens with zero attached hydrogens (tertiary/aromatic N) is 3. The topological polar surface area (TPSA) is 84.2 Å². The van der Waals surface area contributed by atoms with Crippen LogP contribution in [0.1, 0.15) is 31.9 Å². The average molecular weight is 368 g/mol. The first-order valence-electron chi connectivity index (χ1n) is 9.45. The molecule has 3 aromatic rings. The largest absolute Gasteiger partial charge is 0.494 e. The maximum Gasteiger partial charge on any atom is 0.294 e. The van der Waals surface area contributed by atoms with E-state index in [0.717, 1.165) is 24.3 Å². The van der Waals surface area contributed by atoms with Crippen molar-refractivity contribution < 1.29 is 9.26 Å². The van der Waals surface area contributed by atoms with Crippen LogP contribution in [0.25, 0.3) is 22.2 Å². The molecule has 27 heavy (non-hydrogen) atoms. The summed E-state index contributed by atoms with van der Waals surface area (Å²) in [6.45, 7) is 7.07. The SMILES string of the molecule is Cc1onc2c(=O)[nH]nc(-c3ccc(OCCCN4CCC[C@H]4C)cc3)c12. The Kier molecular flexibility index (Phi) is 4.94. The van der Waals surface area contributed by atoms with Gasteiger partial charge in [0.25, 0.3) is 5.56 Å². The van der Waals surface area contributed by atoms with Gasteiger partial charge in [-0.15, -0.1) is 0 Å². The van der Waals surface area contributed by atoms with Gasteiger partial charge in [0.2, 0.25) is 0 Å². The molecule has 1 aliphatic rings. The van der Waals surface area contributed by atoms with Crippen LogP contribution >= 0.6 is 0 Å². The van der Waals surface area contributed by atoms with E-state index in [2.05, 4.69) is 27.2 Å². The van der Waals surface area contributed by atoms with Crippen molar-refractivity contribution in [1.29, 1.82) is 0 Å². The summed E-state index contributed by atoms with van der Waals surface area (Å²) in [6, 6.07) is 8.42. The molecule has 1 fully saturated rings. The highest BCUT2D eigenvalue weighted by atomic mass is 16.5. The van der Waals surface area contributed by atoms with Gasteiger partial charge in [-0.1, -0.05) is 5.16 Å². The first-order valence-corrected chi connectivity index (χ1v) is 9.45. The number of nitrogens with one attached hydrogen (secondary N) is 1. The number of hydrogen-bond donors (Lipinski definition) is 1. The van der Waals surface area contributed by atoms with E-state index in [4.69, 9.17) is 9.26 Å². The highest BCUT2D eigenvalue weighted by Gasteiger charge is 2.19. The predicted octanol–water partition coefficient (Wildman–Crippen LogP) is 3.14. The summed E-state index contributed by atoms with van der Waals surface area (Å²) >= 11 is 0. The molecule has 1 N–H and O–H groups in total. The Morgan fingerprint density at radius 3 is 2.89 bits per heavy atom. The van der Waals surface area contributed by atoms with Crippen LogP contribution in [0.3, 0.4) is 0 Å². The Balaban J connectivity index is 1.41. The number of ether oxygens (including phenoxy) is 1. The summed E-state index contributed by atoms with van der Waals surface area (Å²) in [5.74, 6) is 1.41. The number of benzene rings is 1. The third kappa shape index (κ3) is 3.60. The van der Waals surface area contributed by atoms with Gasteiger partial charge in [-0.05, 0) is 63.9 Å². The molecule has 1 aliphatic heterocycles. The van der Waals surface area contributed by atoms with Crippen molar-refractivity contribution in [3.63, 3.8) is 0 Å². The minimum Gasteiger partial charge on any atom is -0.494 e. The van der Waals surface area contributed by atoms with Crippen molar-refractivity contribution in [1.82, 2.24) is 20.3 Å². The number of rotatable bonds is 6. The van der Waals surface area contributed by atoms with Gasteiger partial charge in [0, 0.05) is 18.2 Å². The van der Waals surface area contributed by atoms with E-state index in [0.29, 0.717) is 29.5 Å². The second kappa shape index (κ2) is 7.52. The summed E-state index contributed by atoms with van der Waals surface area (Å²) in [4.78, 5) is 14.4. The van der Waals surface area contributed by atoms with Crippen LogP contribution in [0.15, 0.2) is 33.6 Å². The van der Waals surface area contributed by atoms with Crippen molar-refractivity contribution in [2.24, 2.45) is 0 Å². The van der Waals surface area contributed by atoms with E-state index in [1.165, 1.54) is 19.4 Å². The highest BCUT2D eigenvalue weighted by Crippen LogP contribution is 2.28. The van der Waals surface area contributed by atoms with Crippen LogP contribution in [0.5, 0.6) is 5.75 Å². The zero-order chi connectivity index (χ0) is 18.8. The smallest absolute Gasteiger partial charge is 0.294 e. The van der Waals surface area contributed by atoms with Crippen LogP contribution in [0.2, 0.25) is 0 Å². The van der Waals surface area contributed by atoms with Crippen LogP contribution in [0.4, 0.5) is 0 Å². The molecule has 1 atom stereocenters. The van der Waals surface area contributed by atoms with Gasteiger partial charge in [-0.3, -0.25) is 4.79 Å². The van der Waals surface area contributed by atoms with Gasteiger partial charge in [0.05, 0.1) is 12.0 Å². The molecule has 2 aromatic heterocycles. The number of H-pyrrole nitrogens is 1. The molecular formula is C20H24N4O3. The van der Waals surface area contributed by atoms with Gasteiger partial charge in [0.1, 0.15) is 17.2 Å². The number of hydrogen-bond acceptors (Lipinski definition) is 6. The molecule has 0 aliphatic carbocycles. The maximum atomic E-state index is 11.8. The molecule has 0 bridgehead atoms. The molecule has 7 nitrogen and oxygen atoms in total. The van der Waals surface area contributed by atoms with Gasteiger partial charge in [0.15, 0.2) is 5.52 Å².